The van der Waals surface area contributed by atoms with Gasteiger partial charge in [0.15, 0.2) is 0 Å². The molecule has 0 aromatic heterocycles. The number of ether oxygens (including phenoxy) is 1. The van der Waals surface area contributed by atoms with Crippen molar-refractivity contribution >= 4 is 0 Å². The average Bonchev–Trinajstić information content (AvgIpc) is 2.03. The molecule has 0 amide bonds. The molecule has 3 heteroatoms. The first-order chi connectivity index (χ1) is 6.54. The topological polar surface area (TPSA) is 61.3 Å². The zero-order valence-electron chi connectivity index (χ0n) is 9.25. The first-order valence-corrected chi connectivity index (χ1v) is 5.36. The van der Waals surface area contributed by atoms with Crippen LogP contribution >= 0.6 is 0 Å². The molecule has 0 heterocycles. The summed E-state index contributed by atoms with van der Waals surface area (Å²) in [7, 11) is 0. The van der Waals surface area contributed by atoms with Gasteiger partial charge in [-0.25, -0.2) is 0 Å². The monoisotopic (exact) mass is 198 g/mol. The van der Waals surface area contributed by atoms with Crippen LogP contribution in [-0.2, 0) is 4.74 Å². The van der Waals surface area contributed by atoms with Crippen LogP contribution in [0.5, 0.6) is 0 Å². The van der Waals surface area contributed by atoms with Gasteiger partial charge in [0.05, 0.1) is 6.61 Å². The van der Waals surface area contributed by atoms with Gasteiger partial charge in [0.1, 0.15) is 5.72 Å². The third-order valence-corrected chi connectivity index (χ3v) is 3.28. The molecule has 0 aromatic carbocycles. The molecule has 0 spiro atoms. The highest BCUT2D eigenvalue weighted by atomic mass is 16.5. The number of hydrogen-bond acceptors (Lipinski definition) is 3. The Morgan fingerprint density at radius 2 is 2.14 bits per heavy atom. The highest BCUT2D eigenvalue weighted by Crippen LogP contribution is 2.44. The van der Waals surface area contributed by atoms with Crippen molar-refractivity contribution in [2.45, 2.75) is 45.3 Å². The van der Waals surface area contributed by atoms with E-state index in [0.29, 0.717) is 5.41 Å². The van der Waals surface area contributed by atoms with E-state index in [0.717, 1.165) is 6.61 Å². The Morgan fingerprint density at radius 3 is 2.50 bits per heavy atom. The summed E-state index contributed by atoms with van der Waals surface area (Å²) in [6.45, 7) is 4.80. The van der Waals surface area contributed by atoms with Crippen LogP contribution in [0.3, 0.4) is 0 Å². The maximum atomic E-state index is 5.88. The lowest BCUT2D eigenvalue weighted by Crippen LogP contribution is -2.43. The highest BCUT2D eigenvalue weighted by molar-refractivity contribution is 4.94. The smallest absolute Gasteiger partial charge is 0.134 e. The van der Waals surface area contributed by atoms with Gasteiger partial charge >= 0.3 is 0 Å². The fourth-order valence-electron chi connectivity index (χ4n) is 1.82. The summed E-state index contributed by atoms with van der Waals surface area (Å²) in [4.78, 5) is 0. The summed E-state index contributed by atoms with van der Waals surface area (Å²) >= 11 is 0. The lowest BCUT2D eigenvalue weighted by molar-refractivity contribution is -0.0718. The lowest BCUT2D eigenvalue weighted by atomic mass is 9.68. The van der Waals surface area contributed by atoms with Gasteiger partial charge in [0.2, 0.25) is 0 Å². The van der Waals surface area contributed by atoms with Gasteiger partial charge in [0.25, 0.3) is 0 Å². The standard InChI is InChI=1S/C11H22N2O/c1-3-11(5-4-6-11)9-14-10(2,13)7-8-12/h7-8H,3-6,9,12-13H2,1-2H3/b8-7-/t10-/m1/s1. The molecule has 0 bridgehead atoms. The van der Waals surface area contributed by atoms with Gasteiger partial charge in [-0.15, -0.1) is 0 Å². The molecule has 1 aliphatic carbocycles. The largest absolute Gasteiger partial charge is 0.405 e. The maximum absolute atomic E-state index is 5.88. The van der Waals surface area contributed by atoms with Crippen molar-refractivity contribution in [3.8, 4) is 0 Å². The molecule has 0 aliphatic heterocycles. The van der Waals surface area contributed by atoms with Crippen molar-refractivity contribution < 1.29 is 4.74 Å². The van der Waals surface area contributed by atoms with E-state index in [9.17, 15) is 0 Å². The molecule has 4 N–H and O–H groups in total. The van der Waals surface area contributed by atoms with Crippen molar-refractivity contribution in [2.75, 3.05) is 6.61 Å². The van der Waals surface area contributed by atoms with Crippen molar-refractivity contribution in [3.05, 3.63) is 12.3 Å². The molecule has 0 aromatic rings. The summed E-state index contributed by atoms with van der Waals surface area (Å²) in [5.74, 6) is 0. The number of hydrogen-bond donors (Lipinski definition) is 2. The Kier molecular flexibility index (Phi) is 3.56. The van der Waals surface area contributed by atoms with E-state index in [2.05, 4.69) is 6.92 Å². The van der Waals surface area contributed by atoms with Gasteiger partial charge in [-0.05, 0) is 43.9 Å². The second-order valence-corrected chi connectivity index (χ2v) is 4.54. The van der Waals surface area contributed by atoms with Gasteiger partial charge in [0, 0.05) is 0 Å². The second kappa shape index (κ2) is 4.32. The van der Waals surface area contributed by atoms with E-state index in [-0.39, 0.29) is 0 Å². The van der Waals surface area contributed by atoms with Crippen LogP contribution in [-0.4, -0.2) is 12.3 Å². The molecule has 1 atom stereocenters. The fourth-order valence-corrected chi connectivity index (χ4v) is 1.82. The minimum atomic E-state index is -0.716. The summed E-state index contributed by atoms with van der Waals surface area (Å²) in [6.07, 6.45) is 8.17. The van der Waals surface area contributed by atoms with E-state index in [1.54, 1.807) is 6.08 Å². The van der Waals surface area contributed by atoms with Crippen molar-refractivity contribution in [1.82, 2.24) is 0 Å². The summed E-state index contributed by atoms with van der Waals surface area (Å²) in [5.41, 5.74) is 10.8. The van der Waals surface area contributed by atoms with Gasteiger partial charge in [-0.2, -0.15) is 0 Å². The predicted octanol–water partition coefficient (Wildman–Crippen LogP) is 1.73. The molecule has 1 fully saturated rings. The maximum Gasteiger partial charge on any atom is 0.134 e. The third-order valence-electron chi connectivity index (χ3n) is 3.28. The van der Waals surface area contributed by atoms with Crippen LogP contribution in [0.4, 0.5) is 0 Å². The molecule has 0 saturated heterocycles. The predicted molar refractivity (Wildman–Crippen MR) is 58.4 cm³/mol. The summed E-state index contributed by atoms with van der Waals surface area (Å²) < 4.78 is 5.68. The molecule has 82 valence electrons. The van der Waals surface area contributed by atoms with Gasteiger partial charge in [-0.3, -0.25) is 0 Å². The Labute approximate surface area is 86.5 Å². The van der Waals surface area contributed by atoms with Crippen LogP contribution in [0.15, 0.2) is 12.3 Å². The first-order valence-electron chi connectivity index (χ1n) is 5.36. The highest BCUT2D eigenvalue weighted by Gasteiger charge is 2.36. The number of rotatable bonds is 5. The van der Waals surface area contributed by atoms with Crippen molar-refractivity contribution in [1.29, 1.82) is 0 Å². The Balaban J connectivity index is 2.38. The van der Waals surface area contributed by atoms with Crippen LogP contribution < -0.4 is 11.5 Å². The normalized spacial score (nSPS) is 24.5. The summed E-state index contributed by atoms with van der Waals surface area (Å²) in [5, 5.41) is 0. The lowest BCUT2D eigenvalue weighted by Gasteiger charge is -2.42. The van der Waals surface area contributed by atoms with Crippen molar-refractivity contribution in [3.63, 3.8) is 0 Å². The van der Waals surface area contributed by atoms with E-state index in [1.807, 2.05) is 6.92 Å². The molecule has 1 rings (SSSR count). The van der Waals surface area contributed by atoms with Crippen molar-refractivity contribution in [2.24, 2.45) is 16.9 Å². The molecule has 0 radical (unpaired) electrons. The zero-order chi connectivity index (χ0) is 10.7. The van der Waals surface area contributed by atoms with E-state index >= 15 is 0 Å². The van der Waals surface area contributed by atoms with Crippen LogP contribution in [0.1, 0.15) is 39.5 Å². The minimum absolute atomic E-state index is 0.392. The molecule has 0 unspecified atom stereocenters. The van der Waals surface area contributed by atoms with Crippen LogP contribution in [0.25, 0.3) is 0 Å². The van der Waals surface area contributed by atoms with E-state index in [1.165, 1.54) is 31.9 Å². The first kappa shape index (κ1) is 11.5. The van der Waals surface area contributed by atoms with Gasteiger partial charge < -0.3 is 16.2 Å². The van der Waals surface area contributed by atoms with E-state index in [4.69, 9.17) is 16.2 Å². The van der Waals surface area contributed by atoms with E-state index < -0.39 is 5.72 Å². The van der Waals surface area contributed by atoms with Gasteiger partial charge in [-0.1, -0.05) is 13.3 Å². The summed E-state index contributed by atoms with van der Waals surface area (Å²) in [6, 6.07) is 0. The SMILES string of the molecule is CCC1(CO[C@@](C)(N)/C=C\N)CCC1. The third kappa shape index (κ3) is 2.72. The molecule has 1 saturated carbocycles. The molecule has 1 aliphatic rings. The average molecular weight is 198 g/mol. The molecular weight excluding hydrogens is 176 g/mol. The zero-order valence-corrected chi connectivity index (χ0v) is 9.25. The van der Waals surface area contributed by atoms with Crippen LogP contribution in [0, 0.1) is 5.41 Å². The molecule has 14 heavy (non-hydrogen) atoms. The number of nitrogens with two attached hydrogens (primary N) is 2. The quantitative estimate of drug-likeness (QED) is 0.661. The minimum Gasteiger partial charge on any atom is -0.405 e. The van der Waals surface area contributed by atoms with Crippen LogP contribution in [0.2, 0.25) is 0 Å². The second-order valence-electron chi connectivity index (χ2n) is 4.54. The molecular formula is C11H22N2O. The molecule has 3 nitrogen and oxygen atoms in total. The Morgan fingerprint density at radius 1 is 1.50 bits per heavy atom. The Bertz CT molecular complexity index is 202. The Hall–Kier alpha value is -0.540. The fraction of sp³-hybridized carbons (Fsp3) is 0.818.